The van der Waals surface area contributed by atoms with Crippen LogP contribution in [-0.2, 0) is 32.6 Å². The number of anilines is 1. The van der Waals surface area contributed by atoms with Gasteiger partial charge in [-0.2, -0.15) is 0 Å². The highest BCUT2D eigenvalue weighted by Gasteiger charge is 2.34. The topological polar surface area (TPSA) is 86.8 Å². The summed E-state index contributed by atoms with van der Waals surface area (Å²) in [4.78, 5) is 29.4. The Morgan fingerprint density at radius 3 is 2.31 bits per heavy atom. The summed E-state index contributed by atoms with van der Waals surface area (Å²) >= 11 is 6.30. The lowest BCUT2D eigenvalue weighted by atomic mass is 9.94. The first kappa shape index (κ1) is 31.5. The molecule has 1 aliphatic carbocycles. The summed E-state index contributed by atoms with van der Waals surface area (Å²) in [6, 6.07) is 19.1. The zero-order valence-electron chi connectivity index (χ0n) is 23.9. The van der Waals surface area contributed by atoms with Crippen molar-refractivity contribution in [1.82, 2.24) is 10.2 Å². The lowest BCUT2D eigenvalue weighted by Gasteiger charge is -2.35. The number of hydrogen-bond acceptors (Lipinski definition) is 4. The van der Waals surface area contributed by atoms with Gasteiger partial charge in [-0.25, -0.2) is 12.8 Å². The van der Waals surface area contributed by atoms with Crippen molar-refractivity contribution in [2.24, 2.45) is 0 Å². The van der Waals surface area contributed by atoms with Crippen molar-refractivity contribution in [3.63, 3.8) is 0 Å². The number of carbonyl (C=O) groups is 2. The molecule has 4 rings (SSSR count). The third kappa shape index (κ3) is 8.32. The Kier molecular flexibility index (Phi) is 10.6. The third-order valence-corrected chi connectivity index (χ3v) is 9.19. The number of aryl methyl sites for hydroxylation is 1. The SMILES string of the molecule is Cc1ccc(N(CC(=O)N(Cc2ccccc2F)[C@H](Cc2ccccc2)C(=O)NC2CCCCC2)S(C)(=O)=O)cc1Cl. The van der Waals surface area contributed by atoms with Crippen LogP contribution in [0.2, 0.25) is 5.02 Å². The van der Waals surface area contributed by atoms with Crippen LogP contribution in [0.15, 0.2) is 72.8 Å². The van der Waals surface area contributed by atoms with E-state index in [1.54, 1.807) is 37.3 Å². The molecule has 1 fully saturated rings. The van der Waals surface area contributed by atoms with E-state index in [1.165, 1.54) is 17.0 Å². The fraction of sp³-hybridized carbons (Fsp3) is 0.375. The Labute approximate surface area is 252 Å². The van der Waals surface area contributed by atoms with Gasteiger partial charge in [0.2, 0.25) is 21.8 Å². The normalized spacial score (nSPS) is 14.7. The molecule has 1 N–H and O–H groups in total. The number of nitrogens with zero attached hydrogens (tertiary/aromatic N) is 2. The Balaban J connectivity index is 1.74. The Bertz CT molecular complexity index is 1500. The summed E-state index contributed by atoms with van der Waals surface area (Å²) in [6.07, 6.45) is 6.01. The molecule has 3 aromatic carbocycles. The number of halogens is 2. The van der Waals surface area contributed by atoms with E-state index in [9.17, 15) is 22.4 Å². The smallest absolute Gasteiger partial charge is 0.244 e. The number of nitrogens with one attached hydrogen (secondary N) is 1. The van der Waals surface area contributed by atoms with Crippen LogP contribution in [0.3, 0.4) is 0 Å². The van der Waals surface area contributed by atoms with E-state index < -0.39 is 34.3 Å². The fourth-order valence-corrected chi connectivity index (χ4v) is 6.28. The van der Waals surface area contributed by atoms with Gasteiger partial charge in [0.05, 0.1) is 11.9 Å². The number of benzene rings is 3. The predicted octanol–water partition coefficient (Wildman–Crippen LogP) is 5.64. The molecule has 0 saturated heterocycles. The monoisotopic (exact) mass is 613 g/mol. The quantitative estimate of drug-likeness (QED) is 0.303. The van der Waals surface area contributed by atoms with E-state index in [0.29, 0.717) is 5.02 Å². The zero-order chi connectivity index (χ0) is 30.3. The van der Waals surface area contributed by atoms with Crippen molar-refractivity contribution in [3.8, 4) is 0 Å². The number of rotatable bonds is 11. The van der Waals surface area contributed by atoms with Crippen LogP contribution in [-0.4, -0.2) is 50.0 Å². The lowest BCUT2D eigenvalue weighted by molar-refractivity contribution is -0.140. The maximum absolute atomic E-state index is 14.9. The third-order valence-electron chi connectivity index (χ3n) is 7.64. The maximum Gasteiger partial charge on any atom is 0.244 e. The number of amides is 2. The summed E-state index contributed by atoms with van der Waals surface area (Å²) in [5, 5.41) is 3.48. The van der Waals surface area contributed by atoms with Gasteiger partial charge in [0.1, 0.15) is 18.4 Å². The van der Waals surface area contributed by atoms with Crippen LogP contribution in [0.4, 0.5) is 10.1 Å². The minimum atomic E-state index is -3.93. The average molecular weight is 614 g/mol. The van der Waals surface area contributed by atoms with Crippen LogP contribution < -0.4 is 9.62 Å². The van der Waals surface area contributed by atoms with Gasteiger partial charge in [0.15, 0.2) is 0 Å². The largest absolute Gasteiger partial charge is 0.352 e. The van der Waals surface area contributed by atoms with Crippen molar-refractivity contribution < 1.29 is 22.4 Å². The van der Waals surface area contributed by atoms with Crippen LogP contribution in [0.25, 0.3) is 0 Å². The van der Waals surface area contributed by atoms with Gasteiger partial charge in [-0.05, 0) is 49.1 Å². The Morgan fingerprint density at radius 1 is 1.00 bits per heavy atom. The molecule has 7 nitrogen and oxygen atoms in total. The van der Waals surface area contributed by atoms with E-state index in [1.807, 2.05) is 30.3 Å². The van der Waals surface area contributed by atoms with Crippen LogP contribution in [0, 0.1) is 12.7 Å². The highest BCUT2D eigenvalue weighted by molar-refractivity contribution is 7.92. The van der Waals surface area contributed by atoms with Gasteiger partial charge in [-0.15, -0.1) is 0 Å². The first-order chi connectivity index (χ1) is 20.0. The van der Waals surface area contributed by atoms with Gasteiger partial charge in [-0.1, -0.05) is 85.5 Å². The second-order valence-corrected chi connectivity index (χ2v) is 13.2. The molecule has 0 spiro atoms. The first-order valence-electron chi connectivity index (χ1n) is 14.1. The fourth-order valence-electron chi connectivity index (χ4n) is 5.26. The van der Waals surface area contributed by atoms with E-state index in [0.717, 1.165) is 53.8 Å². The van der Waals surface area contributed by atoms with Gasteiger partial charge in [0.25, 0.3) is 0 Å². The molecule has 3 aromatic rings. The van der Waals surface area contributed by atoms with Gasteiger partial charge >= 0.3 is 0 Å². The summed E-state index contributed by atoms with van der Waals surface area (Å²) in [7, 11) is -3.93. The molecule has 0 radical (unpaired) electrons. The van der Waals surface area contributed by atoms with Crippen molar-refractivity contribution >= 4 is 39.1 Å². The minimum absolute atomic E-state index is 0.0165. The van der Waals surface area contributed by atoms with Crippen LogP contribution in [0.1, 0.15) is 48.8 Å². The molecular weight excluding hydrogens is 577 g/mol. The summed E-state index contributed by atoms with van der Waals surface area (Å²) < 4.78 is 41.7. The van der Waals surface area contributed by atoms with E-state index in [2.05, 4.69) is 5.32 Å². The number of hydrogen-bond donors (Lipinski definition) is 1. The molecule has 1 atom stereocenters. The molecule has 42 heavy (non-hydrogen) atoms. The van der Waals surface area contributed by atoms with E-state index >= 15 is 0 Å². The second kappa shape index (κ2) is 14.2. The van der Waals surface area contributed by atoms with Crippen LogP contribution >= 0.6 is 11.6 Å². The highest BCUT2D eigenvalue weighted by Crippen LogP contribution is 2.26. The molecule has 0 unspecified atom stereocenters. The summed E-state index contributed by atoms with van der Waals surface area (Å²) in [5.74, 6) is -1.51. The molecular formula is C32H37ClFN3O4S. The zero-order valence-corrected chi connectivity index (χ0v) is 25.5. The number of sulfonamides is 1. The molecule has 2 amide bonds. The maximum atomic E-state index is 14.9. The van der Waals surface area contributed by atoms with Crippen molar-refractivity contribution in [1.29, 1.82) is 0 Å². The standard InChI is InChI=1S/C32H37ClFN3O4S/c1-23-17-18-27(20-28(23)33)37(42(2,40)41)22-31(38)36(21-25-13-9-10-16-29(25)34)30(19-24-11-5-3-6-12-24)32(39)35-26-14-7-4-8-15-26/h3,5-6,9-13,16-18,20,26,30H,4,7-8,14-15,19,21-22H2,1-2H3,(H,35,39)/t30-/m1/s1. The lowest BCUT2D eigenvalue weighted by Crippen LogP contribution is -2.55. The summed E-state index contributed by atoms with van der Waals surface area (Å²) in [5.41, 5.74) is 2.01. The first-order valence-corrected chi connectivity index (χ1v) is 16.4. The predicted molar refractivity (Wildman–Crippen MR) is 164 cm³/mol. The van der Waals surface area contributed by atoms with E-state index in [4.69, 9.17) is 11.6 Å². The van der Waals surface area contributed by atoms with Gasteiger partial charge < -0.3 is 10.2 Å². The van der Waals surface area contributed by atoms with E-state index in [-0.39, 0.29) is 36.2 Å². The molecule has 0 bridgehead atoms. The molecule has 0 aromatic heterocycles. The van der Waals surface area contributed by atoms with Crippen molar-refractivity contribution in [3.05, 3.63) is 100 Å². The molecule has 0 aliphatic heterocycles. The van der Waals surface area contributed by atoms with Gasteiger partial charge in [-0.3, -0.25) is 13.9 Å². The van der Waals surface area contributed by atoms with Crippen molar-refractivity contribution in [2.45, 2.75) is 64.1 Å². The Morgan fingerprint density at radius 2 is 1.67 bits per heavy atom. The van der Waals surface area contributed by atoms with Gasteiger partial charge in [0, 0.05) is 29.6 Å². The average Bonchev–Trinajstić information content (AvgIpc) is 2.96. The molecule has 0 heterocycles. The second-order valence-electron chi connectivity index (χ2n) is 10.9. The molecule has 10 heteroatoms. The summed E-state index contributed by atoms with van der Waals surface area (Å²) in [6.45, 7) is 0.985. The molecule has 224 valence electrons. The molecule has 1 aliphatic rings. The Hall–Kier alpha value is -3.43. The van der Waals surface area contributed by atoms with Crippen molar-refractivity contribution in [2.75, 3.05) is 17.1 Å². The molecule has 1 saturated carbocycles. The number of carbonyl (C=O) groups excluding carboxylic acids is 2. The minimum Gasteiger partial charge on any atom is -0.352 e. The highest BCUT2D eigenvalue weighted by atomic mass is 35.5. The van der Waals surface area contributed by atoms with Crippen LogP contribution in [0.5, 0.6) is 0 Å².